The lowest BCUT2D eigenvalue weighted by atomic mass is 9.76. The minimum Gasteiger partial charge on any atom is -0.489 e. The quantitative estimate of drug-likeness (QED) is 0.0852. The number of esters is 1. The zero-order valence-electron chi connectivity index (χ0n) is 28.3. The van der Waals surface area contributed by atoms with Crippen molar-refractivity contribution in [1.82, 2.24) is 15.1 Å². The summed E-state index contributed by atoms with van der Waals surface area (Å²) in [6, 6.07) is 25.9. The van der Waals surface area contributed by atoms with Crippen molar-refractivity contribution in [3.8, 4) is 5.75 Å². The van der Waals surface area contributed by atoms with Crippen LogP contribution in [0, 0.1) is 0 Å². The molecule has 1 saturated carbocycles. The molecule has 0 aromatic heterocycles. The summed E-state index contributed by atoms with van der Waals surface area (Å²) < 4.78 is 14.6. The Hall–Kier alpha value is -4.06. The molecule has 1 heterocycles. The fraction of sp³-hybridized carbons (Fsp3) is 0.308. The molecule has 51 heavy (non-hydrogen) atoms. The molecule has 9 nitrogen and oxygen atoms in total. The van der Waals surface area contributed by atoms with Crippen molar-refractivity contribution in [2.75, 3.05) is 13.4 Å². The summed E-state index contributed by atoms with van der Waals surface area (Å²) in [5, 5.41) is 0.779. The maximum absolute atomic E-state index is 14.8. The summed E-state index contributed by atoms with van der Waals surface area (Å²) in [6.45, 7) is 0.286. The molecule has 0 bridgehead atoms. The minimum atomic E-state index is -0.949. The van der Waals surface area contributed by atoms with Gasteiger partial charge in [-0.2, -0.15) is 0 Å². The molecule has 1 aliphatic carbocycles. The van der Waals surface area contributed by atoms with Gasteiger partial charge >= 0.3 is 5.97 Å². The van der Waals surface area contributed by atoms with E-state index in [4.69, 9.17) is 37.5 Å². The molecule has 4 aromatic carbocycles. The standard InChI is InChI=1S/C39H39Cl2N3O6S/c1-48-39(47)26-12-8-11-25(19-26)23-50-42-37(45)35-31-21-28(49-22-24-9-4-3-5-10-24)16-18-29(31)38(46)44(34-14-7-6-13-33(34)43-51-2)36(35)30-17-15-27(40)20-32(30)41/h3-5,8-12,15-21,33-36,43H,6-7,13-14,22-23H2,1-2H3,(H,42,45)/t33-,34-,35+,36-/m0/s1. The van der Waals surface area contributed by atoms with E-state index in [9.17, 15) is 14.4 Å². The highest BCUT2D eigenvalue weighted by Crippen LogP contribution is 2.48. The van der Waals surface area contributed by atoms with Gasteiger partial charge in [0.1, 0.15) is 12.4 Å². The first kappa shape index (κ1) is 36.7. The molecule has 6 rings (SSSR count). The lowest BCUT2D eigenvalue weighted by Crippen LogP contribution is -2.57. The first-order valence-electron chi connectivity index (χ1n) is 16.7. The maximum Gasteiger partial charge on any atom is 0.337 e. The van der Waals surface area contributed by atoms with E-state index < -0.39 is 23.8 Å². The summed E-state index contributed by atoms with van der Waals surface area (Å²) in [4.78, 5) is 49.1. The molecule has 266 valence electrons. The number of hydroxylamine groups is 1. The van der Waals surface area contributed by atoms with Gasteiger partial charge in [-0.1, -0.05) is 96.5 Å². The molecule has 4 atom stereocenters. The van der Waals surface area contributed by atoms with Crippen molar-refractivity contribution >= 4 is 52.9 Å². The highest BCUT2D eigenvalue weighted by molar-refractivity contribution is 7.96. The molecule has 2 N–H and O–H groups in total. The number of benzene rings is 4. The summed E-state index contributed by atoms with van der Waals surface area (Å²) in [7, 11) is 1.32. The van der Waals surface area contributed by atoms with Gasteiger partial charge in [-0.15, -0.1) is 0 Å². The van der Waals surface area contributed by atoms with Gasteiger partial charge in [0.2, 0.25) is 0 Å². The fourth-order valence-corrected chi connectivity index (χ4v) is 8.12. The van der Waals surface area contributed by atoms with Gasteiger partial charge in [-0.25, -0.2) is 10.3 Å². The van der Waals surface area contributed by atoms with E-state index in [-0.39, 0.29) is 24.6 Å². The van der Waals surface area contributed by atoms with Crippen LogP contribution in [0.1, 0.15) is 80.6 Å². The van der Waals surface area contributed by atoms with Crippen LogP contribution in [0.25, 0.3) is 0 Å². The van der Waals surface area contributed by atoms with Gasteiger partial charge in [0.15, 0.2) is 0 Å². The Bertz CT molecular complexity index is 1880. The van der Waals surface area contributed by atoms with Crippen LogP contribution in [0.2, 0.25) is 10.0 Å². The Morgan fingerprint density at radius 3 is 2.43 bits per heavy atom. The third-order valence-corrected chi connectivity index (χ3v) is 10.5. The number of carbonyl (C=O) groups is 3. The normalized spacial score (nSPS) is 20.0. The van der Waals surface area contributed by atoms with Gasteiger partial charge < -0.3 is 14.4 Å². The first-order chi connectivity index (χ1) is 24.8. The number of ether oxygens (including phenoxy) is 2. The lowest BCUT2D eigenvalue weighted by Gasteiger charge is -2.49. The lowest BCUT2D eigenvalue weighted by molar-refractivity contribution is -0.138. The Balaban J connectivity index is 1.41. The van der Waals surface area contributed by atoms with Crippen LogP contribution in [0.15, 0.2) is 91.0 Å². The van der Waals surface area contributed by atoms with Crippen LogP contribution in [-0.4, -0.2) is 48.1 Å². The van der Waals surface area contributed by atoms with E-state index in [1.807, 2.05) is 41.5 Å². The molecule has 1 aliphatic heterocycles. The fourth-order valence-electron chi connectivity index (χ4n) is 7.03. The second-order valence-electron chi connectivity index (χ2n) is 12.6. The van der Waals surface area contributed by atoms with Crippen molar-refractivity contribution in [3.63, 3.8) is 0 Å². The molecule has 2 aliphatic rings. The molecule has 4 aromatic rings. The van der Waals surface area contributed by atoms with Crippen molar-refractivity contribution in [2.24, 2.45) is 0 Å². The topological polar surface area (TPSA) is 106 Å². The highest BCUT2D eigenvalue weighted by atomic mass is 35.5. The zero-order valence-corrected chi connectivity index (χ0v) is 30.6. The van der Waals surface area contributed by atoms with Gasteiger partial charge in [0.05, 0.1) is 31.2 Å². The number of carbonyl (C=O) groups excluding carboxylic acids is 3. The molecule has 1 fully saturated rings. The Morgan fingerprint density at radius 1 is 0.882 bits per heavy atom. The van der Waals surface area contributed by atoms with Gasteiger partial charge in [-0.3, -0.25) is 19.1 Å². The number of nitrogens with zero attached hydrogens (tertiary/aromatic N) is 1. The summed E-state index contributed by atoms with van der Waals surface area (Å²) in [5.74, 6) is -1.58. The van der Waals surface area contributed by atoms with Crippen molar-refractivity contribution in [3.05, 3.63) is 134 Å². The van der Waals surface area contributed by atoms with Gasteiger partial charge in [0.25, 0.3) is 11.8 Å². The van der Waals surface area contributed by atoms with Crippen LogP contribution >= 0.6 is 35.1 Å². The molecular weight excluding hydrogens is 709 g/mol. The second-order valence-corrected chi connectivity index (χ2v) is 14.0. The van der Waals surface area contributed by atoms with E-state index in [0.717, 1.165) is 31.2 Å². The SMILES string of the molecule is COC(=O)c1cccc(CONC(=O)[C@@H]2c3cc(OCc4ccccc4)ccc3C(=O)N([C@H]3CCCC[C@@H]3NSC)[C@H]2c2ccc(Cl)cc2Cl)c1. The molecule has 0 unspecified atom stereocenters. The average Bonchev–Trinajstić information content (AvgIpc) is 3.14. The maximum atomic E-state index is 14.8. The Kier molecular flexibility index (Phi) is 12.2. The van der Waals surface area contributed by atoms with Crippen LogP contribution in [0.5, 0.6) is 5.75 Å². The third-order valence-electron chi connectivity index (χ3n) is 9.37. The Labute approximate surface area is 312 Å². The van der Waals surface area contributed by atoms with E-state index in [1.54, 1.807) is 60.7 Å². The number of rotatable bonds is 12. The van der Waals surface area contributed by atoms with E-state index in [1.165, 1.54) is 19.1 Å². The van der Waals surface area contributed by atoms with Gasteiger partial charge in [-0.05, 0) is 83.8 Å². The number of fused-ring (bicyclic) bond motifs is 1. The zero-order chi connectivity index (χ0) is 35.9. The molecule has 12 heteroatoms. The summed E-state index contributed by atoms with van der Waals surface area (Å²) in [6.07, 6.45) is 5.56. The number of halogens is 2. The van der Waals surface area contributed by atoms with Crippen molar-refractivity contribution in [1.29, 1.82) is 0 Å². The predicted octanol–water partition coefficient (Wildman–Crippen LogP) is 8.07. The minimum absolute atomic E-state index is 0.0108. The number of amides is 2. The molecule has 0 radical (unpaired) electrons. The smallest absolute Gasteiger partial charge is 0.337 e. The highest BCUT2D eigenvalue weighted by Gasteiger charge is 2.49. The first-order valence-corrected chi connectivity index (χ1v) is 18.7. The van der Waals surface area contributed by atoms with Crippen LogP contribution in [-0.2, 0) is 27.6 Å². The third kappa shape index (κ3) is 8.37. The van der Waals surface area contributed by atoms with Crippen LogP contribution in [0.4, 0.5) is 0 Å². The van der Waals surface area contributed by atoms with Crippen LogP contribution < -0.4 is 14.9 Å². The molecule has 2 amide bonds. The summed E-state index contributed by atoms with van der Waals surface area (Å²) in [5.41, 5.74) is 6.15. The van der Waals surface area contributed by atoms with Gasteiger partial charge in [0, 0.05) is 27.7 Å². The Morgan fingerprint density at radius 2 is 1.67 bits per heavy atom. The van der Waals surface area contributed by atoms with E-state index in [0.29, 0.717) is 50.2 Å². The number of methoxy groups -OCH3 is 1. The van der Waals surface area contributed by atoms with E-state index in [2.05, 4.69) is 10.2 Å². The summed E-state index contributed by atoms with van der Waals surface area (Å²) >= 11 is 14.8. The molecule has 0 spiro atoms. The van der Waals surface area contributed by atoms with E-state index >= 15 is 0 Å². The van der Waals surface area contributed by atoms with Crippen molar-refractivity contribution in [2.45, 2.75) is 62.9 Å². The van der Waals surface area contributed by atoms with Crippen molar-refractivity contribution < 1.29 is 28.7 Å². The average molecular weight is 749 g/mol. The number of hydrogen-bond donors (Lipinski definition) is 2. The number of nitrogens with one attached hydrogen (secondary N) is 2. The molecular formula is C39H39Cl2N3O6S. The monoisotopic (exact) mass is 747 g/mol. The second kappa shape index (κ2) is 17.0. The largest absolute Gasteiger partial charge is 0.489 e. The predicted molar refractivity (Wildman–Crippen MR) is 199 cm³/mol. The molecule has 0 saturated heterocycles. The van der Waals surface area contributed by atoms with Crippen LogP contribution in [0.3, 0.4) is 0 Å². The number of hydrogen-bond acceptors (Lipinski definition) is 8.